The lowest BCUT2D eigenvalue weighted by molar-refractivity contribution is 0.311. The molecule has 4 nitrogen and oxygen atoms in total. The second kappa shape index (κ2) is 7.88. The molecule has 0 spiro atoms. The Bertz CT molecular complexity index is 472. The molecule has 3 atom stereocenters. The van der Waals surface area contributed by atoms with Gasteiger partial charge in [-0.05, 0) is 25.7 Å². The first-order valence-corrected chi connectivity index (χ1v) is 10.8. The minimum atomic E-state index is -0.660. The lowest BCUT2D eigenvalue weighted by Crippen LogP contribution is -2.52. The molecule has 2 fully saturated rings. The van der Waals surface area contributed by atoms with Crippen LogP contribution in [0, 0.1) is 0 Å². The molecule has 3 rings (SSSR count). The first-order chi connectivity index (χ1) is 10.8. The van der Waals surface area contributed by atoms with E-state index in [0.717, 1.165) is 30.4 Å². The molecule has 2 heterocycles. The fourth-order valence-electron chi connectivity index (χ4n) is 3.73. The summed E-state index contributed by atoms with van der Waals surface area (Å²) in [5, 5.41) is 7.43. The molecule has 1 saturated carbocycles. The van der Waals surface area contributed by atoms with Crippen LogP contribution in [0.2, 0.25) is 0 Å². The molecule has 1 aromatic rings. The summed E-state index contributed by atoms with van der Waals surface area (Å²) >= 11 is 1.73. The van der Waals surface area contributed by atoms with Crippen LogP contribution >= 0.6 is 11.3 Å². The zero-order valence-corrected chi connectivity index (χ0v) is 15.0. The largest absolute Gasteiger partial charge is 0.348 e. The van der Waals surface area contributed by atoms with Gasteiger partial charge in [-0.3, -0.25) is 4.21 Å². The van der Waals surface area contributed by atoms with Gasteiger partial charge in [-0.25, -0.2) is 4.98 Å². The predicted octanol–water partition coefficient (Wildman–Crippen LogP) is 2.78. The molecule has 1 saturated heterocycles. The highest BCUT2D eigenvalue weighted by Gasteiger charge is 2.31. The van der Waals surface area contributed by atoms with Crippen molar-refractivity contribution in [1.29, 1.82) is 0 Å². The standard InChI is InChI=1S/C16H27N3OS2/c1-2-22(20)15-6-4-3-5-14(15)18-13-7-10-19(11-8-13)16-17-9-12-21-16/h9,12-15,18H,2-8,10-11H2,1H3/t14-,15+,22+/m1/s1. The number of thiazole rings is 1. The normalized spacial score (nSPS) is 28.7. The second-order valence-electron chi connectivity index (χ2n) is 6.34. The van der Waals surface area contributed by atoms with Crippen LogP contribution in [0.1, 0.15) is 45.4 Å². The molecule has 0 radical (unpaired) electrons. The first kappa shape index (κ1) is 16.4. The van der Waals surface area contributed by atoms with Gasteiger partial charge in [0.15, 0.2) is 5.13 Å². The van der Waals surface area contributed by atoms with Gasteiger partial charge in [0.05, 0.1) is 5.25 Å². The minimum absolute atomic E-state index is 0.371. The molecule has 6 heteroatoms. The molecule has 2 aliphatic rings. The van der Waals surface area contributed by atoms with Crippen molar-refractivity contribution >= 4 is 27.3 Å². The van der Waals surface area contributed by atoms with E-state index in [9.17, 15) is 4.21 Å². The van der Waals surface area contributed by atoms with Crippen molar-refractivity contribution in [2.75, 3.05) is 23.7 Å². The average molecular weight is 342 g/mol. The number of nitrogens with one attached hydrogen (secondary N) is 1. The van der Waals surface area contributed by atoms with Gasteiger partial charge in [-0.2, -0.15) is 0 Å². The highest BCUT2D eigenvalue weighted by atomic mass is 32.2. The third kappa shape index (κ3) is 3.89. The van der Waals surface area contributed by atoms with E-state index in [2.05, 4.69) is 15.2 Å². The van der Waals surface area contributed by atoms with Crippen LogP contribution in [0.5, 0.6) is 0 Å². The van der Waals surface area contributed by atoms with Crippen LogP contribution in [0.15, 0.2) is 11.6 Å². The van der Waals surface area contributed by atoms with Gasteiger partial charge < -0.3 is 10.2 Å². The van der Waals surface area contributed by atoms with Crippen molar-refractivity contribution in [3.05, 3.63) is 11.6 Å². The molecular weight excluding hydrogens is 314 g/mol. The Morgan fingerprint density at radius 3 is 2.77 bits per heavy atom. The van der Waals surface area contributed by atoms with Gasteiger partial charge in [0.25, 0.3) is 0 Å². The van der Waals surface area contributed by atoms with Gasteiger partial charge in [0.1, 0.15) is 0 Å². The monoisotopic (exact) mass is 341 g/mol. The minimum Gasteiger partial charge on any atom is -0.348 e. The van der Waals surface area contributed by atoms with E-state index in [1.165, 1.54) is 32.1 Å². The van der Waals surface area contributed by atoms with Gasteiger partial charge in [0, 0.05) is 53.3 Å². The second-order valence-corrected chi connectivity index (χ2v) is 9.16. The van der Waals surface area contributed by atoms with Crippen LogP contribution in [-0.2, 0) is 10.8 Å². The summed E-state index contributed by atoms with van der Waals surface area (Å²) < 4.78 is 12.3. The zero-order chi connectivity index (χ0) is 15.4. The number of piperidine rings is 1. The molecule has 0 amide bonds. The van der Waals surface area contributed by atoms with Crippen molar-refractivity contribution < 1.29 is 4.21 Å². The summed E-state index contributed by atoms with van der Waals surface area (Å²) in [5.41, 5.74) is 0. The lowest BCUT2D eigenvalue weighted by atomic mass is 9.93. The van der Waals surface area contributed by atoms with Crippen molar-refractivity contribution in [3.63, 3.8) is 0 Å². The van der Waals surface area contributed by atoms with E-state index in [4.69, 9.17) is 0 Å². The summed E-state index contributed by atoms with van der Waals surface area (Å²) in [6.45, 7) is 4.22. The average Bonchev–Trinajstić information content (AvgIpc) is 3.10. The summed E-state index contributed by atoms with van der Waals surface area (Å²) in [7, 11) is -0.660. The zero-order valence-electron chi connectivity index (χ0n) is 13.4. The van der Waals surface area contributed by atoms with Gasteiger partial charge in [0.2, 0.25) is 0 Å². The third-order valence-corrected chi connectivity index (χ3v) is 7.60. The molecule has 1 aliphatic heterocycles. The fraction of sp³-hybridized carbons (Fsp3) is 0.812. The first-order valence-electron chi connectivity index (χ1n) is 8.55. The van der Waals surface area contributed by atoms with Crippen LogP contribution < -0.4 is 10.2 Å². The number of anilines is 1. The van der Waals surface area contributed by atoms with Crippen LogP contribution in [0.25, 0.3) is 0 Å². The molecule has 1 aliphatic carbocycles. The Labute approximate surface area is 140 Å². The maximum absolute atomic E-state index is 12.3. The SMILES string of the molecule is CC[S@](=O)[C@H]1CCCC[C@H]1NC1CCN(c2nccs2)CC1. The smallest absolute Gasteiger partial charge is 0.185 e. The van der Waals surface area contributed by atoms with E-state index in [1.54, 1.807) is 11.3 Å². The van der Waals surface area contributed by atoms with Crippen LogP contribution in [-0.4, -0.2) is 45.4 Å². The summed E-state index contributed by atoms with van der Waals surface area (Å²) in [5.74, 6) is 0.797. The molecule has 0 aromatic carbocycles. The Morgan fingerprint density at radius 2 is 2.09 bits per heavy atom. The van der Waals surface area contributed by atoms with E-state index >= 15 is 0 Å². The molecule has 124 valence electrons. The molecule has 1 aromatic heterocycles. The quantitative estimate of drug-likeness (QED) is 0.894. The molecule has 0 unspecified atom stereocenters. The molecule has 22 heavy (non-hydrogen) atoms. The fourth-order valence-corrected chi connectivity index (χ4v) is 5.86. The lowest BCUT2D eigenvalue weighted by Gasteiger charge is -2.38. The Kier molecular flexibility index (Phi) is 5.88. The molecular formula is C16H27N3OS2. The van der Waals surface area contributed by atoms with E-state index in [1.807, 2.05) is 18.5 Å². The van der Waals surface area contributed by atoms with E-state index in [0.29, 0.717) is 17.3 Å². The van der Waals surface area contributed by atoms with Crippen molar-refractivity contribution in [2.24, 2.45) is 0 Å². The number of hydrogen-bond donors (Lipinski definition) is 1. The predicted molar refractivity (Wildman–Crippen MR) is 95.2 cm³/mol. The summed E-state index contributed by atoms with van der Waals surface area (Å²) in [6, 6.07) is 1.04. The van der Waals surface area contributed by atoms with Gasteiger partial charge >= 0.3 is 0 Å². The summed E-state index contributed by atoms with van der Waals surface area (Å²) in [6.07, 6.45) is 9.09. The van der Waals surface area contributed by atoms with Crippen molar-refractivity contribution in [3.8, 4) is 0 Å². The van der Waals surface area contributed by atoms with E-state index < -0.39 is 10.8 Å². The molecule has 0 bridgehead atoms. The Balaban J connectivity index is 1.52. The Hall–Kier alpha value is -0.460. The van der Waals surface area contributed by atoms with Crippen LogP contribution in [0.3, 0.4) is 0 Å². The Morgan fingerprint density at radius 1 is 1.32 bits per heavy atom. The number of hydrogen-bond acceptors (Lipinski definition) is 5. The van der Waals surface area contributed by atoms with Crippen molar-refractivity contribution in [1.82, 2.24) is 10.3 Å². The third-order valence-electron chi connectivity index (χ3n) is 4.96. The number of rotatable bonds is 5. The maximum Gasteiger partial charge on any atom is 0.185 e. The van der Waals surface area contributed by atoms with Gasteiger partial charge in [-0.1, -0.05) is 19.8 Å². The maximum atomic E-state index is 12.3. The number of aromatic nitrogens is 1. The number of nitrogens with zero attached hydrogens (tertiary/aromatic N) is 2. The van der Waals surface area contributed by atoms with Crippen molar-refractivity contribution in [2.45, 2.75) is 62.8 Å². The van der Waals surface area contributed by atoms with E-state index in [-0.39, 0.29) is 0 Å². The summed E-state index contributed by atoms with van der Waals surface area (Å²) in [4.78, 5) is 6.81. The highest BCUT2D eigenvalue weighted by molar-refractivity contribution is 7.85. The van der Waals surface area contributed by atoms with Gasteiger partial charge in [-0.15, -0.1) is 11.3 Å². The highest BCUT2D eigenvalue weighted by Crippen LogP contribution is 2.26. The van der Waals surface area contributed by atoms with Crippen LogP contribution in [0.4, 0.5) is 5.13 Å². The topological polar surface area (TPSA) is 45.2 Å². The molecule has 1 N–H and O–H groups in total.